The molecular formula is C21H21ClN4O3S. The van der Waals surface area contributed by atoms with E-state index in [1.165, 1.54) is 10.6 Å². The molecule has 0 bridgehead atoms. The van der Waals surface area contributed by atoms with E-state index in [2.05, 4.69) is 5.10 Å². The third-order valence-corrected chi connectivity index (χ3v) is 6.62. The van der Waals surface area contributed by atoms with Crippen molar-refractivity contribution < 1.29 is 13.2 Å². The van der Waals surface area contributed by atoms with Crippen LogP contribution in [-0.4, -0.2) is 65.7 Å². The van der Waals surface area contributed by atoms with Crippen LogP contribution >= 0.6 is 11.6 Å². The first kappa shape index (κ1) is 20.6. The van der Waals surface area contributed by atoms with Gasteiger partial charge in [0.25, 0.3) is 5.91 Å². The number of carbonyl (C=O) groups excluding carboxylic acids is 1. The number of hydrogen-bond acceptors (Lipinski definition) is 4. The van der Waals surface area contributed by atoms with E-state index >= 15 is 0 Å². The predicted octanol–water partition coefficient (Wildman–Crippen LogP) is 2.91. The molecular weight excluding hydrogens is 424 g/mol. The zero-order valence-electron chi connectivity index (χ0n) is 16.4. The molecule has 4 rings (SSSR count). The molecule has 1 fully saturated rings. The van der Waals surface area contributed by atoms with Crippen LogP contribution in [0, 0.1) is 0 Å². The molecule has 156 valence electrons. The number of sulfonamides is 1. The van der Waals surface area contributed by atoms with Gasteiger partial charge in [0.15, 0.2) is 0 Å². The zero-order valence-corrected chi connectivity index (χ0v) is 18.0. The zero-order chi connectivity index (χ0) is 21.3. The Bertz CT molecular complexity index is 1150. The summed E-state index contributed by atoms with van der Waals surface area (Å²) in [5.41, 5.74) is 2.72. The lowest BCUT2D eigenvalue weighted by molar-refractivity contribution is 0.0689. The molecule has 1 aromatic heterocycles. The summed E-state index contributed by atoms with van der Waals surface area (Å²) in [4.78, 5) is 15.0. The molecule has 30 heavy (non-hydrogen) atoms. The van der Waals surface area contributed by atoms with Gasteiger partial charge in [0, 0.05) is 36.8 Å². The van der Waals surface area contributed by atoms with E-state index in [1.807, 2.05) is 42.5 Å². The fourth-order valence-electron chi connectivity index (χ4n) is 3.45. The molecule has 2 aromatic carbocycles. The molecule has 1 aliphatic rings. The molecule has 2 heterocycles. The molecule has 9 heteroatoms. The number of halogens is 1. The second kappa shape index (κ2) is 8.22. The average molecular weight is 445 g/mol. The first-order valence-electron chi connectivity index (χ1n) is 9.49. The van der Waals surface area contributed by atoms with Crippen molar-refractivity contribution in [3.8, 4) is 16.9 Å². The van der Waals surface area contributed by atoms with E-state index in [0.29, 0.717) is 29.5 Å². The summed E-state index contributed by atoms with van der Waals surface area (Å²) >= 11 is 5.99. The van der Waals surface area contributed by atoms with Crippen LogP contribution in [0.5, 0.6) is 0 Å². The summed E-state index contributed by atoms with van der Waals surface area (Å²) in [6.45, 7) is 1.24. The van der Waals surface area contributed by atoms with Crippen LogP contribution in [-0.2, 0) is 10.0 Å². The lowest BCUT2D eigenvalue weighted by Gasteiger charge is -2.33. The van der Waals surface area contributed by atoms with E-state index in [0.717, 1.165) is 11.3 Å². The van der Waals surface area contributed by atoms with E-state index in [4.69, 9.17) is 11.6 Å². The second-order valence-corrected chi connectivity index (χ2v) is 9.54. The summed E-state index contributed by atoms with van der Waals surface area (Å²) < 4.78 is 26.5. The van der Waals surface area contributed by atoms with Gasteiger partial charge in [-0.15, -0.1) is 0 Å². The third kappa shape index (κ3) is 4.26. The first-order chi connectivity index (χ1) is 14.3. The minimum Gasteiger partial charge on any atom is -0.335 e. The van der Waals surface area contributed by atoms with Gasteiger partial charge in [-0.3, -0.25) is 4.79 Å². The Hall–Kier alpha value is -2.68. The highest BCUT2D eigenvalue weighted by Gasteiger charge is 2.29. The van der Waals surface area contributed by atoms with Crippen molar-refractivity contribution in [2.75, 3.05) is 32.4 Å². The number of carbonyl (C=O) groups is 1. The quantitative estimate of drug-likeness (QED) is 0.620. The normalized spacial score (nSPS) is 15.3. The Kier molecular flexibility index (Phi) is 5.64. The Balaban J connectivity index is 1.68. The Morgan fingerprint density at radius 1 is 0.967 bits per heavy atom. The fraction of sp³-hybridized carbons (Fsp3) is 0.238. The van der Waals surface area contributed by atoms with Gasteiger partial charge in [-0.25, -0.2) is 13.1 Å². The van der Waals surface area contributed by atoms with Crippen LogP contribution in [0.2, 0.25) is 5.02 Å². The van der Waals surface area contributed by atoms with E-state index in [-0.39, 0.29) is 19.0 Å². The maximum atomic E-state index is 13.3. The first-order valence-corrected chi connectivity index (χ1v) is 11.7. The molecule has 3 aromatic rings. The van der Waals surface area contributed by atoms with Crippen molar-refractivity contribution >= 4 is 27.5 Å². The molecule has 0 aliphatic carbocycles. The van der Waals surface area contributed by atoms with Crippen LogP contribution in [0.3, 0.4) is 0 Å². The summed E-state index contributed by atoms with van der Waals surface area (Å²) in [6, 6.07) is 18.5. The van der Waals surface area contributed by atoms with Gasteiger partial charge in [0.2, 0.25) is 10.0 Å². The highest BCUT2D eigenvalue weighted by atomic mass is 35.5. The molecule has 0 unspecified atom stereocenters. The van der Waals surface area contributed by atoms with Gasteiger partial charge in [-0.05, 0) is 30.3 Å². The summed E-state index contributed by atoms with van der Waals surface area (Å²) in [5.74, 6) is -0.181. The number of hydrogen-bond donors (Lipinski definition) is 0. The average Bonchev–Trinajstić information content (AvgIpc) is 3.19. The topological polar surface area (TPSA) is 75.5 Å². The van der Waals surface area contributed by atoms with Crippen LogP contribution in [0.25, 0.3) is 16.9 Å². The molecule has 7 nitrogen and oxygen atoms in total. The standard InChI is InChI=1S/C21H21ClN4O3S/c1-30(28,29)25-13-11-24(12-14-25)21(27)20-15-19(16-7-9-17(22)10-8-16)23-26(20)18-5-3-2-4-6-18/h2-10,15H,11-14H2,1H3. The number of amides is 1. The second-order valence-electron chi connectivity index (χ2n) is 7.12. The predicted molar refractivity (Wildman–Crippen MR) is 116 cm³/mol. The summed E-state index contributed by atoms with van der Waals surface area (Å²) in [7, 11) is -3.26. The molecule has 0 N–H and O–H groups in total. The van der Waals surface area contributed by atoms with Crippen molar-refractivity contribution in [3.63, 3.8) is 0 Å². The van der Waals surface area contributed by atoms with Crippen molar-refractivity contribution in [3.05, 3.63) is 71.4 Å². The lowest BCUT2D eigenvalue weighted by atomic mass is 10.1. The molecule has 0 spiro atoms. The number of nitrogens with zero attached hydrogens (tertiary/aromatic N) is 4. The third-order valence-electron chi connectivity index (χ3n) is 5.06. The van der Waals surface area contributed by atoms with E-state index in [9.17, 15) is 13.2 Å². The number of benzene rings is 2. The molecule has 1 aliphatic heterocycles. The number of aromatic nitrogens is 2. The highest BCUT2D eigenvalue weighted by molar-refractivity contribution is 7.88. The lowest BCUT2D eigenvalue weighted by Crippen LogP contribution is -2.50. The fourth-order valence-corrected chi connectivity index (χ4v) is 4.40. The molecule has 0 radical (unpaired) electrons. The van der Waals surface area contributed by atoms with Gasteiger partial charge in [-0.2, -0.15) is 9.40 Å². The van der Waals surface area contributed by atoms with Gasteiger partial charge >= 0.3 is 0 Å². The summed E-state index contributed by atoms with van der Waals surface area (Å²) in [5, 5.41) is 5.30. The van der Waals surface area contributed by atoms with Gasteiger partial charge in [0.05, 0.1) is 17.6 Å². The Morgan fingerprint density at radius 2 is 1.60 bits per heavy atom. The van der Waals surface area contributed by atoms with Crippen LogP contribution in [0.15, 0.2) is 60.7 Å². The maximum absolute atomic E-state index is 13.3. The van der Waals surface area contributed by atoms with Crippen molar-refractivity contribution in [1.82, 2.24) is 19.0 Å². The summed E-state index contributed by atoms with van der Waals surface area (Å²) in [6.07, 6.45) is 1.19. The van der Waals surface area contributed by atoms with Crippen LogP contribution in [0.4, 0.5) is 0 Å². The number of piperazine rings is 1. The van der Waals surface area contributed by atoms with Crippen molar-refractivity contribution in [1.29, 1.82) is 0 Å². The van der Waals surface area contributed by atoms with Crippen molar-refractivity contribution in [2.24, 2.45) is 0 Å². The molecule has 1 amide bonds. The van der Waals surface area contributed by atoms with Gasteiger partial charge in [-0.1, -0.05) is 41.9 Å². The van der Waals surface area contributed by atoms with E-state index < -0.39 is 10.0 Å². The SMILES string of the molecule is CS(=O)(=O)N1CCN(C(=O)c2cc(-c3ccc(Cl)cc3)nn2-c2ccccc2)CC1. The number of para-hydroxylation sites is 1. The van der Waals surface area contributed by atoms with Crippen LogP contribution in [0.1, 0.15) is 10.5 Å². The monoisotopic (exact) mass is 444 g/mol. The maximum Gasteiger partial charge on any atom is 0.272 e. The molecule has 0 atom stereocenters. The minimum absolute atomic E-state index is 0.181. The minimum atomic E-state index is -3.26. The number of rotatable bonds is 4. The van der Waals surface area contributed by atoms with Gasteiger partial charge < -0.3 is 4.90 Å². The van der Waals surface area contributed by atoms with Crippen LogP contribution < -0.4 is 0 Å². The van der Waals surface area contributed by atoms with Crippen molar-refractivity contribution in [2.45, 2.75) is 0 Å². The highest BCUT2D eigenvalue weighted by Crippen LogP contribution is 2.24. The Labute approximate surface area is 180 Å². The van der Waals surface area contributed by atoms with Gasteiger partial charge in [0.1, 0.15) is 5.69 Å². The Morgan fingerprint density at radius 3 is 2.20 bits per heavy atom. The smallest absolute Gasteiger partial charge is 0.272 e. The molecule has 1 saturated heterocycles. The molecule has 0 saturated carbocycles. The largest absolute Gasteiger partial charge is 0.335 e. The van der Waals surface area contributed by atoms with E-state index in [1.54, 1.807) is 27.8 Å².